The van der Waals surface area contributed by atoms with Crippen molar-refractivity contribution in [2.75, 3.05) is 52.1 Å². The normalized spacial score (nSPS) is 20.1. The summed E-state index contributed by atoms with van der Waals surface area (Å²) in [6.45, 7) is 3.29. The number of fused-ring (bicyclic) bond motifs is 1. The first-order chi connectivity index (χ1) is 13.4. The predicted molar refractivity (Wildman–Crippen MR) is 108 cm³/mol. The number of nitrogens with one attached hydrogen (secondary N) is 1. The Morgan fingerprint density at radius 3 is 2.71 bits per heavy atom. The summed E-state index contributed by atoms with van der Waals surface area (Å²) in [6.07, 6.45) is 2.51. The van der Waals surface area contributed by atoms with Crippen LogP contribution < -0.4 is 5.32 Å². The van der Waals surface area contributed by atoms with Crippen molar-refractivity contribution < 1.29 is 14.4 Å². The van der Waals surface area contributed by atoms with Crippen molar-refractivity contribution in [1.29, 1.82) is 0 Å². The van der Waals surface area contributed by atoms with E-state index in [4.69, 9.17) is 0 Å². The van der Waals surface area contributed by atoms with Crippen molar-refractivity contribution in [1.82, 2.24) is 14.7 Å². The Morgan fingerprint density at radius 1 is 1.14 bits per heavy atom. The van der Waals surface area contributed by atoms with E-state index in [0.717, 1.165) is 24.2 Å². The van der Waals surface area contributed by atoms with Crippen LogP contribution in [-0.2, 0) is 20.8 Å². The summed E-state index contributed by atoms with van der Waals surface area (Å²) in [5.74, 6) is 0.0478. The zero-order valence-corrected chi connectivity index (χ0v) is 16.8. The van der Waals surface area contributed by atoms with E-state index >= 15 is 0 Å². The lowest BCUT2D eigenvalue weighted by Crippen LogP contribution is -2.39. The minimum atomic E-state index is -0.153. The smallest absolute Gasteiger partial charge is 0.236 e. The fourth-order valence-corrected chi connectivity index (χ4v) is 3.81. The molecule has 2 heterocycles. The van der Waals surface area contributed by atoms with E-state index in [-0.39, 0.29) is 23.6 Å². The summed E-state index contributed by atoms with van der Waals surface area (Å²) in [5, 5.41) is 2.95. The van der Waals surface area contributed by atoms with Gasteiger partial charge in [0.05, 0.1) is 6.54 Å². The predicted octanol–water partition coefficient (Wildman–Crippen LogP) is 1.20. The fraction of sp³-hybridized carbons (Fsp3) is 0.571. The number of amides is 3. The lowest BCUT2D eigenvalue weighted by molar-refractivity contribution is -0.131. The van der Waals surface area contributed by atoms with Gasteiger partial charge in [0.1, 0.15) is 0 Å². The van der Waals surface area contributed by atoms with Gasteiger partial charge in [0.15, 0.2) is 0 Å². The van der Waals surface area contributed by atoms with E-state index in [1.165, 1.54) is 0 Å². The molecular formula is C21H30N4O3. The van der Waals surface area contributed by atoms with Crippen LogP contribution in [0.3, 0.4) is 0 Å². The molecule has 7 nitrogen and oxygen atoms in total. The third-order valence-electron chi connectivity index (χ3n) is 5.62. The standard InChI is InChI=1S/C21H30N4O3/c1-23(2)20(27)15-24-10-5-11-25(13-12-24)19(26)9-8-17-14-16-6-3-4-7-18(16)22-21(17)28/h3-4,6-7,17H,5,8-15H2,1-2H3,(H,22,28). The van der Waals surface area contributed by atoms with Crippen molar-refractivity contribution >= 4 is 23.4 Å². The van der Waals surface area contributed by atoms with Crippen molar-refractivity contribution in [3.63, 3.8) is 0 Å². The number of anilines is 1. The molecule has 0 aromatic heterocycles. The molecule has 1 aromatic carbocycles. The molecule has 152 valence electrons. The molecule has 0 radical (unpaired) electrons. The average molecular weight is 386 g/mol. The summed E-state index contributed by atoms with van der Waals surface area (Å²) in [7, 11) is 3.52. The van der Waals surface area contributed by atoms with E-state index in [0.29, 0.717) is 45.4 Å². The number of carbonyl (C=O) groups is 3. The highest BCUT2D eigenvalue weighted by Crippen LogP contribution is 2.27. The van der Waals surface area contributed by atoms with Crippen LogP contribution in [0.15, 0.2) is 24.3 Å². The molecule has 0 bridgehead atoms. The summed E-state index contributed by atoms with van der Waals surface area (Å²) in [5.41, 5.74) is 2.02. The number of likely N-dealkylation sites (N-methyl/N-ethyl adjacent to an activating group) is 1. The maximum atomic E-state index is 12.7. The van der Waals surface area contributed by atoms with Gasteiger partial charge in [0, 0.05) is 58.3 Å². The SMILES string of the molecule is CN(C)C(=O)CN1CCCN(C(=O)CCC2Cc3ccccc3NC2=O)CC1. The van der Waals surface area contributed by atoms with Crippen LogP contribution in [0.2, 0.25) is 0 Å². The monoisotopic (exact) mass is 386 g/mol. The van der Waals surface area contributed by atoms with Crippen LogP contribution in [0.1, 0.15) is 24.8 Å². The minimum Gasteiger partial charge on any atom is -0.348 e. The molecule has 1 saturated heterocycles. The molecule has 0 saturated carbocycles. The maximum Gasteiger partial charge on any atom is 0.236 e. The Labute approximate surface area is 166 Å². The molecule has 3 rings (SSSR count). The van der Waals surface area contributed by atoms with E-state index in [1.54, 1.807) is 19.0 Å². The van der Waals surface area contributed by atoms with Gasteiger partial charge in [-0.25, -0.2) is 0 Å². The highest BCUT2D eigenvalue weighted by molar-refractivity contribution is 5.96. The molecule has 1 aromatic rings. The number of benzene rings is 1. The summed E-state index contributed by atoms with van der Waals surface area (Å²) in [4.78, 5) is 42.5. The first kappa shape index (κ1) is 20.3. The topological polar surface area (TPSA) is 73.0 Å². The largest absolute Gasteiger partial charge is 0.348 e. The Bertz CT molecular complexity index is 734. The molecule has 3 amide bonds. The van der Waals surface area contributed by atoms with Gasteiger partial charge < -0.3 is 15.1 Å². The van der Waals surface area contributed by atoms with E-state index in [9.17, 15) is 14.4 Å². The lowest BCUT2D eigenvalue weighted by atomic mass is 9.89. The van der Waals surface area contributed by atoms with Gasteiger partial charge in [-0.2, -0.15) is 0 Å². The minimum absolute atomic E-state index is 0.00994. The lowest BCUT2D eigenvalue weighted by Gasteiger charge is -2.26. The van der Waals surface area contributed by atoms with E-state index in [2.05, 4.69) is 10.2 Å². The highest BCUT2D eigenvalue weighted by Gasteiger charge is 2.27. The molecule has 0 aliphatic carbocycles. The van der Waals surface area contributed by atoms with Crippen molar-refractivity contribution in [3.8, 4) is 0 Å². The van der Waals surface area contributed by atoms with Gasteiger partial charge in [0.2, 0.25) is 17.7 Å². The third-order valence-corrected chi connectivity index (χ3v) is 5.62. The average Bonchev–Trinajstić information content (AvgIpc) is 2.91. The molecule has 1 unspecified atom stereocenters. The summed E-state index contributed by atoms with van der Waals surface area (Å²) in [6, 6.07) is 7.83. The van der Waals surface area contributed by atoms with Gasteiger partial charge in [-0.1, -0.05) is 18.2 Å². The molecule has 28 heavy (non-hydrogen) atoms. The van der Waals surface area contributed by atoms with Gasteiger partial charge in [-0.05, 0) is 30.9 Å². The molecule has 1 fully saturated rings. The maximum absolute atomic E-state index is 12.7. The van der Waals surface area contributed by atoms with E-state index < -0.39 is 0 Å². The molecule has 2 aliphatic heterocycles. The first-order valence-corrected chi connectivity index (χ1v) is 10.0. The quantitative estimate of drug-likeness (QED) is 0.825. The molecule has 1 N–H and O–H groups in total. The molecule has 1 atom stereocenters. The van der Waals surface area contributed by atoms with Gasteiger partial charge in [0.25, 0.3) is 0 Å². The molecule has 0 spiro atoms. The molecule has 7 heteroatoms. The Hall–Kier alpha value is -2.41. The van der Waals surface area contributed by atoms with Gasteiger partial charge in [-0.15, -0.1) is 0 Å². The van der Waals surface area contributed by atoms with Crippen molar-refractivity contribution in [2.45, 2.75) is 25.7 Å². The van der Waals surface area contributed by atoms with Crippen LogP contribution in [0, 0.1) is 5.92 Å². The van der Waals surface area contributed by atoms with Crippen LogP contribution >= 0.6 is 0 Å². The zero-order chi connectivity index (χ0) is 20.1. The Kier molecular flexibility index (Phi) is 6.67. The second-order valence-corrected chi connectivity index (χ2v) is 7.88. The fourth-order valence-electron chi connectivity index (χ4n) is 3.81. The Balaban J connectivity index is 1.47. The van der Waals surface area contributed by atoms with Crippen LogP contribution in [-0.4, -0.2) is 79.2 Å². The molecular weight excluding hydrogens is 356 g/mol. The van der Waals surface area contributed by atoms with Crippen molar-refractivity contribution in [2.24, 2.45) is 5.92 Å². The number of carbonyl (C=O) groups excluding carboxylic acids is 3. The number of hydrogen-bond donors (Lipinski definition) is 1. The van der Waals surface area contributed by atoms with Crippen LogP contribution in [0.5, 0.6) is 0 Å². The summed E-state index contributed by atoms with van der Waals surface area (Å²) >= 11 is 0. The Morgan fingerprint density at radius 2 is 1.93 bits per heavy atom. The number of hydrogen-bond acceptors (Lipinski definition) is 4. The first-order valence-electron chi connectivity index (χ1n) is 10.0. The zero-order valence-electron chi connectivity index (χ0n) is 16.8. The van der Waals surface area contributed by atoms with E-state index in [1.807, 2.05) is 29.2 Å². The highest BCUT2D eigenvalue weighted by atomic mass is 16.2. The number of rotatable bonds is 5. The third kappa shape index (κ3) is 5.10. The van der Waals surface area contributed by atoms with Crippen LogP contribution in [0.25, 0.3) is 0 Å². The van der Waals surface area contributed by atoms with Crippen molar-refractivity contribution in [3.05, 3.63) is 29.8 Å². The number of para-hydroxylation sites is 1. The second-order valence-electron chi connectivity index (χ2n) is 7.88. The number of nitrogens with zero attached hydrogens (tertiary/aromatic N) is 3. The van der Waals surface area contributed by atoms with Crippen LogP contribution in [0.4, 0.5) is 5.69 Å². The molecule has 2 aliphatic rings. The van der Waals surface area contributed by atoms with Gasteiger partial charge in [-0.3, -0.25) is 19.3 Å². The second kappa shape index (κ2) is 9.19. The van der Waals surface area contributed by atoms with Gasteiger partial charge >= 0.3 is 0 Å². The summed E-state index contributed by atoms with van der Waals surface area (Å²) < 4.78 is 0.